The molecule has 0 saturated carbocycles. The average Bonchev–Trinajstić information content (AvgIpc) is 3.47. The Hall–Kier alpha value is -4.53. The zero-order valence-electron chi connectivity index (χ0n) is 19.4. The number of nitrogens with one attached hydrogen (secondary N) is 2. The monoisotopic (exact) mass is 487 g/mol. The lowest BCUT2D eigenvalue weighted by Crippen LogP contribution is -2.31. The molecular formula is C27H25N3O6. The SMILES string of the molecule is O=C(CC[C@H]1NC(=O)N(Cc2ccc3c(c2)OCO3)C1=O)Nc1ccc(OCc2ccccc2)cc1. The fourth-order valence-electron chi connectivity index (χ4n) is 4.02. The number of fused-ring (bicyclic) bond motifs is 1. The second-order valence-electron chi connectivity index (χ2n) is 8.50. The number of imide groups is 1. The molecule has 2 aliphatic heterocycles. The predicted octanol–water partition coefficient (Wildman–Crippen LogP) is 3.83. The van der Waals surface area contributed by atoms with Crippen LogP contribution in [0.2, 0.25) is 0 Å². The molecule has 3 aromatic rings. The first-order valence-electron chi connectivity index (χ1n) is 11.6. The largest absolute Gasteiger partial charge is 0.489 e. The number of urea groups is 1. The van der Waals surface area contributed by atoms with Crippen molar-refractivity contribution in [2.24, 2.45) is 0 Å². The van der Waals surface area contributed by atoms with Crippen molar-refractivity contribution in [3.8, 4) is 17.2 Å². The molecule has 0 aliphatic carbocycles. The lowest BCUT2D eigenvalue weighted by Gasteiger charge is -2.13. The van der Waals surface area contributed by atoms with E-state index in [4.69, 9.17) is 14.2 Å². The van der Waals surface area contributed by atoms with Crippen LogP contribution in [0.4, 0.5) is 10.5 Å². The summed E-state index contributed by atoms with van der Waals surface area (Å²) in [6.07, 6.45) is 0.285. The molecule has 0 bridgehead atoms. The van der Waals surface area contributed by atoms with Crippen LogP contribution in [-0.2, 0) is 22.7 Å². The van der Waals surface area contributed by atoms with Crippen LogP contribution in [0.15, 0.2) is 72.8 Å². The predicted molar refractivity (Wildman–Crippen MR) is 131 cm³/mol. The van der Waals surface area contributed by atoms with Crippen molar-refractivity contribution < 1.29 is 28.6 Å². The van der Waals surface area contributed by atoms with Crippen molar-refractivity contribution in [2.75, 3.05) is 12.1 Å². The number of hydrogen-bond donors (Lipinski definition) is 2. The Balaban J connectivity index is 1.08. The Morgan fingerprint density at radius 1 is 0.972 bits per heavy atom. The molecule has 184 valence electrons. The van der Waals surface area contributed by atoms with Crippen LogP contribution in [0.1, 0.15) is 24.0 Å². The van der Waals surface area contributed by atoms with Crippen LogP contribution < -0.4 is 24.8 Å². The quantitative estimate of drug-likeness (QED) is 0.445. The van der Waals surface area contributed by atoms with Crippen LogP contribution in [0, 0.1) is 0 Å². The second kappa shape index (κ2) is 10.4. The van der Waals surface area contributed by atoms with Gasteiger partial charge in [-0.15, -0.1) is 0 Å². The van der Waals surface area contributed by atoms with Crippen LogP contribution in [0.5, 0.6) is 17.2 Å². The fourth-order valence-corrected chi connectivity index (χ4v) is 4.02. The maximum atomic E-state index is 12.8. The highest BCUT2D eigenvalue weighted by Gasteiger charge is 2.38. The van der Waals surface area contributed by atoms with Gasteiger partial charge in [0, 0.05) is 12.1 Å². The molecule has 0 radical (unpaired) electrons. The number of carbonyl (C=O) groups is 3. The topological polar surface area (TPSA) is 106 Å². The standard InChI is InChI=1S/C27H25N3O6/c31-25(28-20-7-9-21(10-8-20)34-16-18-4-2-1-3-5-18)13-11-22-26(32)30(27(33)29-22)15-19-6-12-23-24(14-19)36-17-35-23/h1-10,12,14,22H,11,13,15-17H2,(H,28,31)(H,29,33)/t22-/m1/s1. The van der Waals surface area contributed by atoms with Crippen molar-refractivity contribution in [1.29, 1.82) is 0 Å². The normalized spacial score (nSPS) is 16.1. The van der Waals surface area contributed by atoms with Gasteiger partial charge in [-0.25, -0.2) is 4.79 Å². The van der Waals surface area contributed by atoms with Crippen LogP contribution in [0.25, 0.3) is 0 Å². The molecule has 0 spiro atoms. The number of rotatable bonds is 9. The van der Waals surface area contributed by atoms with E-state index in [1.54, 1.807) is 42.5 Å². The zero-order chi connectivity index (χ0) is 24.9. The first-order chi connectivity index (χ1) is 17.5. The summed E-state index contributed by atoms with van der Waals surface area (Å²) in [7, 11) is 0. The van der Waals surface area contributed by atoms with Gasteiger partial charge in [-0.1, -0.05) is 36.4 Å². The third-order valence-corrected chi connectivity index (χ3v) is 5.93. The van der Waals surface area contributed by atoms with Gasteiger partial charge in [0.2, 0.25) is 12.7 Å². The van der Waals surface area contributed by atoms with E-state index in [1.165, 1.54) is 0 Å². The molecule has 9 heteroatoms. The van der Waals surface area contributed by atoms with E-state index < -0.39 is 12.1 Å². The number of carbonyl (C=O) groups excluding carboxylic acids is 3. The molecule has 0 aromatic heterocycles. The van der Waals surface area contributed by atoms with Crippen molar-refractivity contribution in [3.63, 3.8) is 0 Å². The fraction of sp³-hybridized carbons (Fsp3) is 0.222. The van der Waals surface area contributed by atoms with Gasteiger partial charge >= 0.3 is 6.03 Å². The summed E-state index contributed by atoms with van der Waals surface area (Å²) >= 11 is 0. The smallest absolute Gasteiger partial charge is 0.325 e. The Morgan fingerprint density at radius 2 is 1.75 bits per heavy atom. The highest BCUT2D eigenvalue weighted by molar-refractivity contribution is 6.04. The van der Waals surface area contributed by atoms with Crippen LogP contribution in [0.3, 0.4) is 0 Å². The Bertz CT molecular complexity index is 1260. The van der Waals surface area contributed by atoms with Crippen LogP contribution >= 0.6 is 0 Å². The number of ether oxygens (including phenoxy) is 3. The van der Waals surface area contributed by atoms with Crippen molar-refractivity contribution in [3.05, 3.63) is 83.9 Å². The van der Waals surface area contributed by atoms with Gasteiger partial charge < -0.3 is 24.8 Å². The molecule has 9 nitrogen and oxygen atoms in total. The Labute approximate surface area is 208 Å². The minimum atomic E-state index is -0.744. The summed E-state index contributed by atoms with van der Waals surface area (Å²) in [6.45, 7) is 0.723. The van der Waals surface area contributed by atoms with Gasteiger partial charge in [0.25, 0.3) is 5.91 Å². The molecule has 36 heavy (non-hydrogen) atoms. The summed E-state index contributed by atoms with van der Waals surface area (Å²) in [4.78, 5) is 38.7. The summed E-state index contributed by atoms with van der Waals surface area (Å²) in [6, 6.07) is 21.0. The number of amides is 4. The van der Waals surface area contributed by atoms with Crippen molar-refractivity contribution in [2.45, 2.75) is 32.0 Å². The maximum absolute atomic E-state index is 12.8. The van der Waals surface area contributed by atoms with Gasteiger partial charge in [-0.3, -0.25) is 14.5 Å². The third kappa shape index (κ3) is 5.41. The summed E-state index contributed by atoms with van der Waals surface area (Å²) in [5, 5.41) is 5.48. The van der Waals surface area contributed by atoms with Gasteiger partial charge in [0.15, 0.2) is 11.5 Å². The van der Waals surface area contributed by atoms with Crippen LogP contribution in [-0.4, -0.2) is 35.6 Å². The Morgan fingerprint density at radius 3 is 2.56 bits per heavy atom. The minimum Gasteiger partial charge on any atom is -0.489 e. The molecule has 1 fully saturated rings. The number of anilines is 1. The number of benzene rings is 3. The molecule has 5 rings (SSSR count). The zero-order valence-corrected chi connectivity index (χ0v) is 19.4. The molecule has 1 saturated heterocycles. The molecule has 0 unspecified atom stereocenters. The minimum absolute atomic E-state index is 0.0841. The van der Waals surface area contributed by atoms with E-state index in [2.05, 4.69) is 10.6 Å². The van der Waals surface area contributed by atoms with E-state index in [-0.39, 0.29) is 38.0 Å². The van der Waals surface area contributed by atoms with Gasteiger partial charge in [0.1, 0.15) is 18.4 Å². The lowest BCUT2D eigenvalue weighted by atomic mass is 10.1. The summed E-state index contributed by atoms with van der Waals surface area (Å²) < 4.78 is 16.4. The summed E-state index contributed by atoms with van der Waals surface area (Å²) in [5.74, 6) is 1.31. The van der Waals surface area contributed by atoms with Gasteiger partial charge in [0.05, 0.1) is 6.54 Å². The third-order valence-electron chi connectivity index (χ3n) is 5.93. The van der Waals surface area contributed by atoms with Gasteiger partial charge in [-0.2, -0.15) is 0 Å². The molecule has 3 aromatic carbocycles. The average molecular weight is 488 g/mol. The number of hydrogen-bond acceptors (Lipinski definition) is 6. The molecule has 2 aliphatic rings. The van der Waals surface area contributed by atoms with E-state index >= 15 is 0 Å². The highest BCUT2D eigenvalue weighted by Crippen LogP contribution is 2.33. The van der Waals surface area contributed by atoms with Crippen molar-refractivity contribution >= 4 is 23.5 Å². The van der Waals surface area contributed by atoms with Gasteiger partial charge in [-0.05, 0) is 53.9 Å². The maximum Gasteiger partial charge on any atom is 0.325 e. The molecule has 4 amide bonds. The van der Waals surface area contributed by atoms with E-state index in [9.17, 15) is 14.4 Å². The Kier molecular flexibility index (Phi) is 6.70. The van der Waals surface area contributed by atoms with Crippen molar-refractivity contribution in [1.82, 2.24) is 10.2 Å². The molecule has 2 heterocycles. The van der Waals surface area contributed by atoms with E-state index in [0.29, 0.717) is 29.5 Å². The molecule has 1 atom stereocenters. The second-order valence-corrected chi connectivity index (χ2v) is 8.50. The van der Waals surface area contributed by atoms with E-state index in [1.807, 2.05) is 30.3 Å². The molecular weight excluding hydrogens is 462 g/mol. The highest BCUT2D eigenvalue weighted by atomic mass is 16.7. The lowest BCUT2D eigenvalue weighted by molar-refractivity contribution is -0.128. The van der Waals surface area contributed by atoms with E-state index in [0.717, 1.165) is 16.0 Å². The number of nitrogens with zero attached hydrogens (tertiary/aromatic N) is 1. The first-order valence-corrected chi connectivity index (χ1v) is 11.6. The molecule has 2 N–H and O–H groups in total. The first kappa shape index (κ1) is 23.2. The summed E-state index contributed by atoms with van der Waals surface area (Å²) in [5.41, 5.74) is 2.44.